The normalized spacial score (nSPS) is 19.4. The SMILES string of the molecule is CN(C)c1ncc(CN2CC[C@H](c3ccn[nH]3)C2)cn1. The van der Waals surface area contributed by atoms with E-state index in [9.17, 15) is 0 Å². The van der Waals surface area contributed by atoms with E-state index < -0.39 is 0 Å². The average Bonchev–Trinajstić information content (AvgIpc) is 3.09. The van der Waals surface area contributed by atoms with Crippen LogP contribution < -0.4 is 4.90 Å². The van der Waals surface area contributed by atoms with Crippen molar-refractivity contribution >= 4 is 5.95 Å². The number of likely N-dealkylation sites (tertiary alicyclic amines) is 1. The molecule has 1 aliphatic rings. The zero-order valence-electron chi connectivity index (χ0n) is 12.0. The molecule has 0 radical (unpaired) electrons. The van der Waals surface area contributed by atoms with Crippen LogP contribution in [0.1, 0.15) is 23.6 Å². The van der Waals surface area contributed by atoms with Crippen molar-refractivity contribution in [2.75, 3.05) is 32.1 Å². The molecule has 106 valence electrons. The Morgan fingerprint density at radius 3 is 2.80 bits per heavy atom. The number of anilines is 1. The van der Waals surface area contributed by atoms with Gasteiger partial charge in [0.2, 0.25) is 5.95 Å². The van der Waals surface area contributed by atoms with Crippen LogP contribution in [0.15, 0.2) is 24.7 Å². The summed E-state index contributed by atoms with van der Waals surface area (Å²) in [5, 5.41) is 7.11. The van der Waals surface area contributed by atoms with Crippen LogP contribution in [0.25, 0.3) is 0 Å². The van der Waals surface area contributed by atoms with E-state index in [1.54, 1.807) is 0 Å². The summed E-state index contributed by atoms with van der Waals surface area (Å²) in [6, 6.07) is 2.07. The number of nitrogens with zero attached hydrogens (tertiary/aromatic N) is 5. The molecular weight excluding hydrogens is 252 g/mol. The lowest BCUT2D eigenvalue weighted by Gasteiger charge is -2.16. The van der Waals surface area contributed by atoms with Gasteiger partial charge in [-0.2, -0.15) is 5.10 Å². The predicted octanol–water partition coefficient (Wildman–Crippen LogP) is 1.26. The van der Waals surface area contributed by atoms with Gasteiger partial charge in [0.25, 0.3) is 0 Å². The zero-order valence-corrected chi connectivity index (χ0v) is 12.0. The summed E-state index contributed by atoms with van der Waals surface area (Å²) in [5.74, 6) is 1.32. The van der Waals surface area contributed by atoms with E-state index in [-0.39, 0.29) is 0 Å². The molecule has 3 heterocycles. The molecule has 0 aliphatic carbocycles. The fraction of sp³-hybridized carbons (Fsp3) is 0.500. The van der Waals surface area contributed by atoms with Gasteiger partial charge in [-0.15, -0.1) is 0 Å². The van der Waals surface area contributed by atoms with Gasteiger partial charge in [-0.1, -0.05) is 0 Å². The molecule has 0 saturated carbocycles. The summed E-state index contributed by atoms with van der Waals surface area (Å²) >= 11 is 0. The van der Waals surface area contributed by atoms with E-state index in [0.29, 0.717) is 5.92 Å². The second-order valence-corrected chi connectivity index (χ2v) is 5.52. The summed E-state index contributed by atoms with van der Waals surface area (Å²) in [5.41, 5.74) is 2.41. The second kappa shape index (κ2) is 5.58. The van der Waals surface area contributed by atoms with Crippen molar-refractivity contribution in [1.82, 2.24) is 25.1 Å². The Labute approximate surface area is 118 Å². The summed E-state index contributed by atoms with van der Waals surface area (Å²) in [4.78, 5) is 13.1. The van der Waals surface area contributed by atoms with Crippen molar-refractivity contribution in [3.8, 4) is 0 Å². The van der Waals surface area contributed by atoms with Gasteiger partial charge in [0, 0.05) is 63.0 Å². The monoisotopic (exact) mass is 272 g/mol. The molecule has 20 heavy (non-hydrogen) atoms. The van der Waals surface area contributed by atoms with Crippen LogP contribution >= 0.6 is 0 Å². The number of rotatable bonds is 4. The molecule has 2 aromatic rings. The molecule has 0 spiro atoms. The van der Waals surface area contributed by atoms with Crippen LogP contribution in [0.2, 0.25) is 0 Å². The van der Waals surface area contributed by atoms with E-state index in [2.05, 4.69) is 31.1 Å². The van der Waals surface area contributed by atoms with Gasteiger partial charge in [0.1, 0.15) is 0 Å². The maximum absolute atomic E-state index is 4.36. The minimum atomic E-state index is 0.569. The maximum atomic E-state index is 4.36. The third-order valence-corrected chi connectivity index (χ3v) is 3.73. The summed E-state index contributed by atoms with van der Waals surface area (Å²) in [7, 11) is 3.90. The highest BCUT2D eigenvalue weighted by Gasteiger charge is 2.24. The zero-order chi connectivity index (χ0) is 13.9. The van der Waals surface area contributed by atoms with E-state index >= 15 is 0 Å². The van der Waals surface area contributed by atoms with E-state index in [1.165, 1.54) is 17.7 Å². The van der Waals surface area contributed by atoms with Gasteiger partial charge in [0.05, 0.1) is 0 Å². The van der Waals surface area contributed by atoms with Crippen LogP contribution in [0.3, 0.4) is 0 Å². The predicted molar refractivity (Wildman–Crippen MR) is 77.6 cm³/mol. The van der Waals surface area contributed by atoms with Gasteiger partial charge in [-0.05, 0) is 19.0 Å². The average molecular weight is 272 g/mol. The minimum absolute atomic E-state index is 0.569. The molecule has 1 aliphatic heterocycles. The van der Waals surface area contributed by atoms with Crippen LogP contribution in [0.5, 0.6) is 0 Å². The van der Waals surface area contributed by atoms with E-state index in [1.807, 2.05) is 37.6 Å². The van der Waals surface area contributed by atoms with Crippen LogP contribution in [-0.4, -0.2) is 52.3 Å². The van der Waals surface area contributed by atoms with Crippen molar-refractivity contribution in [1.29, 1.82) is 0 Å². The standard InChI is InChI=1S/C14H20N6/c1-19(2)14-15-7-11(8-16-14)9-20-6-4-12(10-20)13-3-5-17-18-13/h3,5,7-8,12H,4,6,9-10H2,1-2H3,(H,17,18)/t12-/m0/s1. The third kappa shape index (κ3) is 2.80. The minimum Gasteiger partial charge on any atom is -0.347 e. The van der Waals surface area contributed by atoms with Crippen molar-refractivity contribution in [2.24, 2.45) is 0 Å². The smallest absolute Gasteiger partial charge is 0.224 e. The molecule has 2 aromatic heterocycles. The largest absolute Gasteiger partial charge is 0.347 e. The van der Waals surface area contributed by atoms with Crippen LogP contribution in [0, 0.1) is 0 Å². The van der Waals surface area contributed by atoms with Gasteiger partial charge in [-0.25, -0.2) is 9.97 Å². The summed E-state index contributed by atoms with van der Waals surface area (Å²) < 4.78 is 0. The first-order valence-corrected chi connectivity index (χ1v) is 6.92. The molecule has 1 N–H and O–H groups in total. The van der Waals surface area contributed by atoms with Crippen molar-refractivity contribution in [3.63, 3.8) is 0 Å². The molecule has 0 aromatic carbocycles. The highest BCUT2D eigenvalue weighted by atomic mass is 15.2. The number of hydrogen-bond acceptors (Lipinski definition) is 5. The highest BCUT2D eigenvalue weighted by Crippen LogP contribution is 2.26. The lowest BCUT2D eigenvalue weighted by molar-refractivity contribution is 0.325. The molecular formula is C14H20N6. The molecule has 0 amide bonds. The van der Waals surface area contributed by atoms with Crippen LogP contribution in [0.4, 0.5) is 5.95 Å². The van der Waals surface area contributed by atoms with Crippen molar-refractivity contribution in [2.45, 2.75) is 18.9 Å². The quantitative estimate of drug-likeness (QED) is 0.908. The molecule has 6 heteroatoms. The number of aromatic nitrogens is 4. The van der Waals surface area contributed by atoms with Gasteiger partial charge in [0.15, 0.2) is 0 Å². The topological polar surface area (TPSA) is 60.9 Å². The van der Waals surface area contributed by atoms with Gasteiger partial charge < -0.3 is 4.90 Å². The van der Waals surface area contributed by atoms with Crippen LogP contribution in [-0.2, 0) is 6.54 Å². The Kier molecular flexibility index (Phi) is 3.64. The van der Waals surface area contributed by atoms with Crippen molar-refractivity contribution in [3.05, 3.63) is 35.9 Å². The second-order valence-electron chi connectivity index (χ2n) is 5.52. The first-order valence-electron chi connectivity index (χ1n) is 6.92. The number of nitrogens with one attached hydrogen (secondary N) is 1. The molecule has 1 saturated heterocycles. The Morgan fingerprint density at radius 2 is 2.15 bits per heavy atom. The number of hydrogen-bond donors (Lipinski definition) is 1. The maximum Gasteiger partial charge on any atom is 0.224 e. The summed E-state index contributed by atoms with van der Waals surface area (Å²) in [6.07, 6.45) is 6.85. The Morgan fingerprint density at radius 1 is 1.35 bits per heavy atom. The number of H-pyrrole nitrogens is 1. The lowest BCUT2D eigenvalue weighted by Crippen LogP contribution is -2.20. The first-order chi connectivity index (χ1) is 9.72. The first kappa shape index (κ1) is 13.1. The fourth-order valence-corrected chi connectivity index (χ4v) is 2.64. The lowest BCUT2D eigenvalue weighted by atomic mass is 10.1. The van der Waals surface area contributed by atoms with Crippen molar-refractivity contribution < 1.29 is 0 Å². The summed E-state index contributed by atoms with van der Waals surface area (Å²) in [6.45, 7) is 3.09. The molecule has 3 rings (SSSR count). The van der Waals surface area contributed by atoms with Gasteiger partial charge in [-0.3, -0.25) is 10.00 Å². The molecule has 1 fully saturated rings. The molecule has 1 atom stereocenters. The molecule has 0 bridgehead atoms. The fourth-order valence-electron chi connectivity index (χ4n) is 2.64. The Bertz CT molecular complexity index is 533. The molecule has 6 nitrogen and oxygen atoms in total. The molecule has 0 unspecified atom stereocenters. The number of aromatic amines is 1. The van der Waals surface area contributed by atoms with E-state index in [0.717, 1.165) is 25.6 Å². The Balaban J connectivity index is 1.59. The van der Waals surface area contributed by atoms with Gasteiger partial charge >= 0.3 is 0 Å². The highest BCUT2D eigenvalue weighted by molar-refractivity contribution is 5.26. The van der Waals surface area contributed by atoms with E-state index in [4.69, 9.17) is 0 Å². The Hall–Kier alpha value is -1.95. The third-order valence-electron chi connectivity index (χ3n) is 3.73.